The molecule has 0 unspecified atom stereocenters. The van der Waals surface area contributed by atoms with E-state index in [1.807, 2.05) is 0 Å². The molecular formula is C12H21NO4S. The molecule has 0 heterocycles. The molecule has 2 aliphatic rings. The lowest BCUT2D eigenvalue weighted by Gasteiger charge is -2.27. The molecule has 0 aliphatic heterocycles. The van der Waals surface area contributed by atoms with E-state index < -0.39 is 21.2 Å². The number of hydrogen-bond donors (Lipinski definition) is 2. The van der Waals surface area contributed by atoms with Gasteiger partial charge < -0.3 is 5.11 Å². The van der Waals surface area contributed by atoms with Crippen LogP contribution in [0.15, 0.2) is 0 Å². The van der Waals surface area contributed by atoms with Gasteiger partial charge in [0.1, 0.15) is 0 Å². The smallest absolute Gasteiger partial charge is 0.306 e. The van der Waals surface area contributed by atoms with Gasteiger partial charge in [-0.05, 0) is 38.5 Å². The minimum absolute atomic E-state index is 0.104. The second-order valence-corrected chi connectivity index (χ2v) is 7.45. The van der Waals surface area contributed by atoms with Crippen molar-refractivity contribution in [2.45, 2.75) is 62.7 Å². The van der Waals surface area contributed by atoms with Crippen LogP contribution in [0.2, 0.25) is 0 Å². The molecule has 6 heteroatoms. The summed E-state index contributed by atoms with van der Waals surface area (Å²) in [7, 11) is -3.26. The predicted octanol–water partition coefficient (Wildman–Crippen LogP) is 1.49. The third-order valence-electron chi connectivity index (χ3n) is 4.15. The van der Waals surface area contributed by atoms with Gasteiger partial charge in [0.2, 0.25) is 10.0 Å². The van der Waals surface area contributed by atoms with E-state index in [-0.39, 0.29) is 12.0 Å². The second-order valence-electron chi connectivity index (χ2n) is 5.46. The summed E-state index contributed by atoms with van der Waals surface area (Å²) in [6.07, 6.45) is 5.96. The molecule has 18 heavy (non-hydrogen) atoms. The van der Waals surface area contributed by atoms with Crippen molar-refractivity contribution in [3.63, 3.8) is 0 Å². The number of aliphatic carboxylic acids is 1. The third kappa shape index (κ3) is 3.23. The SMILES string of the molecule is O=C(O)C1CCC(S(=O)(=O)NC2CCCC2)CC1. The van der Waals surface area contributed by atoms with Crippen LogP contribution < -0.4 is 4.72 Å². The van der Waals surface area contributed by atoms with Gasteiger partial charge in [0.15, 0.2) is 0 Å². The molecule has 0 radical (unpaired) electrons. The molecular weight excluding hydrogens is 254 g/mol. The number of sulfonamides is 1. The topological polar surface area (TPSA) is 83.5 Å². The first-order chi connectivity index (χ1) is 8.49. The lowest BCUT2D eigenvalue weighted by atomic mass is 9.89. The van der Waals surface area contributed by atoms with Gasteiger partial charge in [-0.1, -0.05) is 12.8 Å². The van der Waals surface area contributed by atoms with Crippen LogP contribution >= 0.6 is 0 Å². The molecule has 2 aliphatic carbocycles. The zero-order valence-electron chi connectivity index (χ0n) is 10.5. The molecule has 2 rings (SSSR count). The Bertz CT molecular complexity index is 392. The van der Waals surface area contributed by atoms with E-state index in [0.29, 0.717) is 25.7 Å². The fourth-order valence-electron chi connectivity index (χ4n) is 2.99. The molecule has 5 nitrogen and oxygen atoms in total. The molecule has 0 saturated heterocycles. The van der Waals surface area contributed by atoms with Crippen molar-refractivity contribution in [3.05, 3.63) is 0 Å². The lowest BCUT2D eigenvalue weighted by molar-refractivity contribution is -0.142. The van der Waals surface area contributed by atoms with E-state index in [2.05, 4.69) is 4.72 Å². The van der Waals surface area contributed by atoms with Gasteiger partial charge in [-0.25, -0.2) is 13.1 Å². The van der Waals surface area contributed by atoms with Crippen molar-refractivity contribution < 1.29 is 18.3 Å². The number of carboxylic acids is 1. The standard InChI is InChI=1S/C12H21NO4S/c14-12(15)9-5-7-11(8-6-9)18(16,17)13-10-3-1-2-4-10/h9-11,13H,1-8H2,(H,14,15). The first-order valence-corrected chi connectivity index (χ1v) is 8.27. The van der Waals surface area contributed by atoms with Crippen molar-refractivity contribution in [2.24, 2.45) is 5.92 Å². The molecule has 0 aromatic carbocycles. The second kappa shape index (κ2) is 5.57. The van der Waals surface area contributed by atoms with E-state index in [0.717, 1.165) is 25.7 Å². The average Bonchev–Trinajstić information content (AvgIpc) is 2.81. The van der Waals surface area contributed by atoms with Crippen LogP contribution in [0, 0.1) is 5.92 Å². The van der Waals surface area contributed by atoms with Gasteiger partial charge in [-0.3, -0.25) is 4.79 Å². The Morgan fingerprint density at radius 2 is 1.56 bits per heavy atom. The summed E-state index contributed by atoms with van der Waals surface area (Å²) in [4.78, 5) is 10.8. The van der Waals surface area contributed by atoms with E-state index in [1.165, 1.54) is 0 Å². The van der Waals surface area contributed by atoms with E-state index >= 15 is 0 Å². The van der Waals surface area contributed by atoms with E-state index in [4.69, 9.17) is 5.11 Å². The summed E-state index contributed by atoms with van der Waals surface area (Å²) in [5.74, 6) is -1.16. The maximum Gasteiger partial charge on any atom is 0.306 e. The molecule has 0 amide bonds. The maximum atomic E-state index is 12.2. The van der Waals surface area contributed by atoms with Crippen LogP contribution in [0.25, 0.3) is 0 Å². The molecule has 0 aromatic rings. The summed E-state index contributed by atoms with van der Waals surface area (Å²) >= 11 is 0. The molecule has 0 bridgehead atoms. The van der Waals surface area contributed by atoms with E-state index in [9.17, 15) is 13.2 Å². The lowest BCUT2D eigenvalue weighted by Crippen LogP contribution is -2.41. The van der Waals surface area contributed by atoms with E-state index in [1.54, 1.807) is 0 Å². The van der Waals surface area contributed by atoms with Crippen LogP contribution in [-0.4, -0.2) is 30.8 Å². The molecule has 2 saturated carbocycles. The average molecular weight is 275 g/mol. The highest BCUT2D eigenvalue weighted by Crippen LogP contribution is 2.29. The molecule has 0 aromatic heterocycles. The first kappa shape index (κ1) is 13.8. The van der Waals surface area contributed by atoms with Crippen molar-refractivity contribution in [2.75, 3.05) is 0 Å². The van der Waals surface area contributed by atoms with Crippen molar-refractivity contribution in [1.82, 2.24) is 4.72 Å². The van der Waals surface area contributed by atoms with Gasteiger partial charge in [0.05, 0.1) is 11.2 Å². The summed E-state index contributed by atoms with van der Waals surface area (Å²) in [6.45, 7) is 0. The highest BCUT2D eigenvalue weighted by atomic mass is 32.2. The van der Waals surface area contributed by atoms with Crippen molar-refractivity contribution >= 4 is 16.0 Å². The Hall–Kier alpha value is -0.620. The van der Waals surface area contributed by atoms with Gasteiger partial charge in [0.25, 0.3) is 0 Å². The van der Waals surface area contributed by atoms with Gasteiger partial charge in [-0.15, -0.1) is 0 Å². The molecule has 0 atom stereocenters. The normalized spacial score (nSPS) is 30.4. The number of carboxylic acid groups (broad SMARTS) is 1. The zero-order valence-corrected chi connectivity index (χ0v) is 11.3. The summed E-state index contributed by atoms with van der Waals surface area (Å²) in [5, 5.41) is 8.50. The number of hydrogen-bond acceptors (Lipinski definition) is 3. The Balaban J connectivity index is 1.89. The zero-order chi connectivity index (χ0) is 13.2. The van der Waals surface area contributed by atoms with Crippen LogP contribution in [0.5, 0.6) is 0 Å². The monoisotopic (exact) mass is 275 g/mol. The highest BCUT2D eigenvalue weighted by Gasteiger charge is 2.34. The summed E-state index contributed by atoms with van der Waals surface area (Å²) < 4.78 is 27.1. The Morgan fingerprint density at radius 3 is 2.06 bits per heavy atom. The molecule has 0 spiro atoms. The van der Waals surface area contributed by atoms with Crippen molar-refractivity contribution in [1.29, 1.82) is 0 Å². The minimum atomic E-state index is -3.26. The highest BCUT2D eigenvalue weighted by molar-refractivity contribution is 7.90. The Kier molecular flexibility index (Phi) is 4.27. The van der Waals surface area contributed by atoms with Gasteiger partial charge in [-0.2, -0.15) is 0 Å². The fraction of sp³-hybridized carbons (Fsp3) is 0.917. The molecule has 2 N–H and O–H groups in total. The van der Waals surface area contributed by atoms with Crippen LogP contribution in [-0.2, 0) is 14.8 Å². The number of nitrogens with one attached hydrogen (secondary N) is 1. The van der Waals surface area contributed by atoms with Crippen LogP contribution in [0.4, 0.5) is 0 Å². The van der Waals surface area contributed by atoms with Crippen LogP contribution in [0.1, 0.15) is 51.4 Å². The summed E-state index contributed by atoms with van der Waals surface area (Å²) in [6, 6.07) is 0.104. The predicted molar refractivity (Wildman–Crippen MR) is 67.7 cm³/mol. The third-order valence-corrected chi connectivity index (χ3v) is 6.16. The molecule has 2 fully saturated rings. The largest absolute Gasteiger partial charge is 0.481 e. The molecule has 104 valence electrons. The Morgan fingerprint density at radius 1 is 1.00 bits per heavy atom. The maximum absolute atomic E-state index is 12.2. The summed E-state index contributed by atoms with van der Waals surface area (Å²) in [5.41, 5.74) is 0. The van der Waals surface area contributed by atoms with Gasteiger partial charge >= 0.3 is 5.97 Å². The number of rotatable bonds is 4. The van der Waals surface area contributed by atoms with Gasteiger partial charge in [0, 0.05) is 6.04 Å². The minimum Gasteiger partial charge on any atom is -0.481 e. The van der Waals surface area contributed by atoms with Crippen LogP contribution in [0.3, 0.4) is 0 Å². The quantitative estimate of drug-likeness (QED) is 0.814. The Labute approximate surface area is 108 Å². The number of carbonyl (C=O) groups is 1. The first-order valence-electron chi connectivity index (χ1n) is 6.73. The fourth-order valence-corrected chi connectivity index (χ4v) is 4.78. The van der Waals surface area contributed by atoms with Crippen molar-refractivity contribution in [3.8, 4) is 0 Å².